The Morgan fingerprint density at radius 3 is 1.25 bits per heavy atom. The molecule has 0 bridgehead atoms. The van der Waals surface area contributed by atoms with Gasteiger partial charge in [0.05, 0.1) is 0 Å². The zero-order chi connectivity index (χ0) is 8.62. The first-order valence-electron chi connectivity index (χ1n) is 2.06. The summed E-state index contributed by atoms with van der Waals surface area (Å²) < 4.78 is 43.0. The van der Waals surface area contributed by atoms with E-state index in [2.05, 4.69) is 9.47 Å². The fourth-order valence-corrected chi connectivity index (χ4v) is 0.118. The average molecular weight is 218 g/mol. The van der Waals surface area contributed by atoms with Gasteiger partial charge < -0.3 is 18.6 Å². The molecule has 0 aromatic carbocycles. The van der Waals surface area contributed by atoms with Gasteiger partial charge in [-0.3, -0.25) is 8.42 Å². The Bertz CT molecular complexity index is 135. The van der Waals surface area contributed by atoms with Gasteiger partial charge >= 0.3 is 59.1 Å². The summed E-state index contributed by atoms with van der Waals surface area (Å²) in [6, 6.07) is 0. The maximum atomic E-state index is 8.52. The van der Waals surface area contributed by atoms with Crippen LogP contribution in [-0.2, 0) is 19.9 Å². The molecule has 0 atom stereocenters. The second-order valence-corrected chi connectivity index (χ2v) is 1.92. The molecule has 0 fully saturated rings. The Labute approximate surface area is 116 Å². The van der Waals surface area contributed by atoms with E-state index in [4.69, 9.17) is 17.5 Å². The average Bonchev–Trinajstić information content (AvgIpc) is 1.63. The summed E-state index contributed by atoms with van der Waals surface area (Å²) >= 11 is 0. The summed E-state index contributed by atoms with van der Waals surface area (Å²) in [4.78, 5) is 0. The van der Waals surface area contributed by atoms with Crippen LogP contribution in [-0.4, -0.2) is 38.5 Å². The molecular weight excluding hydrogens is 210 g/mol. The van der Waals surface area contributed by atoms with Crippen molar-refractivity contribution in [1.29, 1.82) is 0 Å². The van der Waals surface area contributed by atoms with Crippen LogP contribution in [0.1, 0.15) is 0 Å². The number of methoxy groups -OCH3 is 2. The van der Waals surface area contributed by atoms with Crippen molar-refractivity contribution in [3.05, 3.63) is 0 Å². The van der Waals surface area contributed by atoms with Crippen LogP contribution in [0.4, 0.5) is 0 Å². The van der Waals surface area contributed by atoms with E-state index in [9.17, 15) is 0 Å². The van der Waals surface area contributed by atoms with Crippen molar-refractivity contribution in [3.8, 4) is 0 Å². The van der Waals surface area contributed by atoms with Gasteiger partial charge in [0.2, 0.25) is 0 Å². The van der Waals surface area contributed by atoms with Crippen LogP contribution < -0.4 is 59.1 Å². The molecule has 0 rings (SSSR count). The molecule has 0 aliphatic carbocycles. The first-order valence-corrected chi connectivity index (χ1v) is 3.39. The predicted molar refractivity (Wildman–Crippen MR) is 29.4 cm³/mol. The summed E-state index contributed by atoms with van der Waals surface area (Å²) in [5, 5.41) is 0. The monoisotopic (exact) mass is 218 g/mol. The van der Waals surface area contributed by atoms with Crippen molar-refractivity contribution >= 4 is 10.4 Å². The smallest absolute Gasteiger partial charge is 0.759 e. The fourth-order valence-electron chi connectivity index (χ4n) is 0.118. The summed E-state index contributed by atoms with van der Waals surface area (Å²) in [7, 11) is -1.99. The number of hydrogen-bond acceptors (Lipinski definition) is 6. The molecule has 0 unspecified atom stereocenters. The minimum absolute atomic E-state index is 0. The molecule has 0 spiro atoms. The van der Waals surface area contributed by atoms with Gasteiger partial charge in [0.15, 0.2) is 0 Å². The molecule has 0 heterocycles. The topological polar surface area (TPSA) is 98.7 Å². The predicted octanol–water partition coefficient (Wildman–Crippen LogP) is -7.09. The van der Waals surface area contributed by atoms with E-state index in [1.54, 1.807) is 14.2 Å². The van der Waals surface area contributed by atoms with E-state index in [-0.39, 0.29) is 59.1 Å². The zero-order valence-electron chi connectivity index (χ0n) is 7.56. The molecule has 6 nitrogen and oxygen atoms in total. The molecule has 0 aliphatic heterocycles. The van der Waals surface area contributed by atoms with Crippen molar-refractivity contribution in [2.45, 2.75) is 0 Å². The fraction of sp³-hybridized carbons (Fsp3) is 1.00. The number of hydrogen-bond donors (Lipinski definition) is 0. The molecule has 0 saturated heterocycles. The standard InChI is InChI=1S/C3H8O2.2Na.H2O4S/c1-4-3-5-2;;;1-5(2,3)4/h3H2,1-2H3;;;(H2,1,2,3,4)/q;2*+1;/p-2. The SMILES string of the molecule is COCOC.O=S(=O)([O-])[O-].[Na+].[Na+]. The van der Waals surface area contributed by atoms with Gasteiger partial charge in [0.25, 0.3) is 0 Å². The third kappa shape index (κ3) is 95.6. The van der Waals surface area contributed by atoms with Crippen LogP contribution in [0.2, 0.25) is 0 Å². The summed E-state index contributed by atoms with van der Waals surface area (Å²) in [5.41, 5.74) is 0. The maximum Gasteiger partial charge on any atom is 1.00 e. The Balaban J connectivity index is -0.0000000457. The molecule has 0 amide bonds. The quantitative estimate of drug-likeness (QED) is 0.198. The van der Waals surface area contributed by atoms with E-state index >= 15 is 0 Å². The Kier molecular flexibility index (Phi) is 30.0. The molecule has 0 aromatic rings. The summed E-state index contributed by atoms with van der Waals surface area (Å²) in [6.45, 7) is 0.389. The van der Waals surface area contributed by atoms with Crippen molar-refractivity contribution < 1.29 is 86.1 Å². The summed E-state index contributed by atoms with van der Waals surface area (Å²) in [6.07, 6.45) is 0. The van der Waals surface area contributed by atoms with Gasteiger partial charge in [0.1, 0.15) is 6.79 Å². The van der Waals surface area contributed by atoms with Crippen LogP contribution >= 0.6 is 0 Å². The van der Waals surface area contributed by atoms with Gasteiger partial charge in [0, 0.05) is 24.6 Å². The maximum absolute atomic E-state index is 8.52. The molecule has 0 aromatic heterocycles. The van der Waals surface area contributed by atoms with Crippen molar-refractivity contribution in [1.82, 2.24) is 0 Å². The van der Waals surface area contributed by atoms with E-state index in [1.165, 1.54) is 0 Å². The molecule has 0 aliphatic rings. The number of ether oxygens (including phenoxy) is 2. The van der Waals surface area contributed by atoms with E-state index in [0.717, 1.165) is 0 Å². The van der Waals surface area contributed by atoms with Crippen LogP contribution in [0.5, 0.6) is 0 Å². The van der Waals surface area contributed by atoms with Gasteiger partial charge in [-0.2, -0.15) is 0 Å². The van der Waals surface area contributed by atoms with Crippen LogP contribution in [0, 0.1) is 0 Å². The van der Waals surface area contributed by atoms with Crippen molar-refractivity contribution in [3.63, 3.8) is 0 Å². The first-order chi connectivity index (χ1) is 4.41. The Hall–Kier alpha value is 1.79. The van der Waals surface area contributed by atoms with E-state index in [1.807, 2.05) is 0 Å². The van der Waals surface area contributed by atoms with Crippen molar-refractivity contribution in [2.75, 3.05) is 21.0 Å². The molecule has 0 radical (unpaired) electrons. The molecule has 64 valence electrons. The minimum atomic E-state index is -5.17. The van der Waals surface area contributed by atoms with Crippen molar-refractivity contribution in [2.24, 2.45) is 0 Å². The first kappa shape index (κ1) is 23.5. The Morgan fingerprint density at radius 1 is 1.08 bits per heavy atom. The Morgan fingerprint density at radius 2 is 1.25 bits per heavy atom. The van der Waals surface area contributed by atoms with Gasteiger partial charge in [-0.05, 0) is 0 Å². The van der Waals surface area contributed by atoms with Gasteiger partial charge in [-0.25, -0.2) is 0 Å². The third-order valence-corrected chi connectivity index (χ3v) is 0.236. The van der Waals surface area contributed by atoms with E-state index < -0.39 is 10.4 Å². The minimum Gasteiger partial charge on any atom is -0.759 e. The van der Waals surface area contributed by atoms with Crippen LogP contribution in [0.3, 0.4) is 0 Å². The molecule has 0 N–H and O–H groups in total. The summed E-state index contributed by atoms with van der Waals surface area (Å²) in [5.74, 6) is 0. The normalized spacial score (nSPS) is 8.33. The van der Waals surface area contributed by atoms with Crippen LogP contribution in [0.15, 0.2) is 0 Å². The molecule has 12 heavy (non-hydrogen) atoms. The zero-order valence-corrected chi connectivity index (χ0v) is 12.4. The van der Waals surface area contributed by atoms with Crippen LogP contribution in [0.25, 0.3) is 0 Å². The molecule has 9 heteroatoms. The molecular formula is C3H8Na2O6S. The molecule has 0 saturated carbocycles. The van der Waals surface area contributed by atoms with E-state index in [0.29, 0.717) is 6.79 Å². The second-order valence-electron chi connectivity index (χ2n) is 1.10. The van der Waals surface area contributed by atoms with Gasteiger partial charge in [-0.15, -0.1) is 0 Å². The second kappa shape index (κ2) is 15.3. The van der Waals surface area contributed by atoms with Gasteiger partial charge in [-0.1, -0.05) is 0 Å². The third-order valence-electron chi connectivity index (χ3n) is 0.236. The number of rotatable bonds is 2. The largest absolute Gasteiger partial charge is 1.00 e.